The number of ether oxygens (including phenoxy) is 2. The number of carboxylic acids is 1. The molecule has 3 rings (SSSR count). The van der Waals surface area contributed by atoms with Gasteiger partial charge in [0, 0.05) is 6.54 Å². The van der Waals surface area contributed by atoms with Crippen molar-refractivity contribution in [2.45, 2.75) is 32.0 Å². The van der Waals surface area contributed by atoms with Crippen molar-refractivity contribution in [1.29, 1.82) is 0 Å². The molecule has 132 valence electrons. The maximum Gasteiger partial charge on any atom is 0.320 e. The standard InChI is InChI=1S/C20H23NO4/c1-24-19-12-16(13-21-11-5-8-17(21)20(22)23)9-10-18(19)25-14-15-6-3-2-4-7-15/h2-4,6-7,9-10,12,17H,5,8,11,13-14H2,1H3,(H,22,23). The molecule has 1 aliphatic heterocycles. The Morgan fingerprint density at radius 1 is 1.16 bits per heavy atom. The van der Waals surface area contributed by atoms with E-state index in [4.69, 9.17) is 9.47 Å². The SMILES string of the molecule is COc1cc(CN2CCCC2C(=O)O)ccc1OCc1ccccc1. The summed E-state index contributed by atoms with van der Waals surface area (Å²) < 4.78 is 11.3. The number of carboxylic acid groups (broad SMARTS) is 1. The van der Waals surface area contributed by atoms with Crippen molar-refractivity contribution in [2.75, 3.05) is 13.7 Å². The molecule has 5 heteroatoms. The third-order valence-electron chi connectivity index (χ3n) is 4.50. The number of rotatable bonds is 7. The molecule has 0 spiro atoms. The first kappa shape index (κ1) is 17.3. The first-order valence-electron chi connectivity index (χ1n) is 8.48. The fourth-order valence-corrected chi connectivity index (χ4v) is 3.19. The van der Waals surface area contributed by atoms with Gasteiger partial charge in [-0.05, 0) is 42.6 Å². The third-order valence-corrected chi connectivity index (χ3v) is 4.50. The highest BCUT2D eigenvalue weighted by atomic mass is 16.5. The van der Waals surface area contributed by atoms with Crippen LogP contribution in [0.2, 0.25) is 0 Å². The van der Waals surface area contributed by atoms with Gasteiger partial charge in [-0.25, -0.2) is 0 Å². The summed E-state index contributed by atoms with van der Waals surface area (Å²) in [4.78, 5) is 13.3. The maximum absolute atomic E-state index is 11.3. The molecule has 2 aromatic carbocycles. The summed E-state index contributed by atoms with van der Waals surface area (Å²) in [5.74, 6) is 0.609. The normalized spacial score (nSPS) is 17.4. The lowest BCUT2D eigenvalue weighted by molar-refractivity contribution is -0.142. The second-order valence-corrected chi connectivity index (χ2v) is 6.23. The maximum atomic E-state index is 11.3. The summed E-state index contributed by atoms with van der Waals surface area (Å²) in [7, 11) is 1.62. The van der Waals surface area contributed by atoms with Gasteiger partial charge in [0.05, 0.1) is 7.11 Å². The minimum Gasteiger partial charge on any atom is -0.493 e. The number of carbonyl (C=O) groups is 1. The Morgan fingerprint density at radius 2 is 1.96 bits per heavy atom. The molecular formula is C20H23NO4. The van der Waals surface area contributed by atoms with E-state index in [1.165, 1.54) is 0 Å². The molecule has 0 saturated carbocycles. The molecule has 5 nitrogen and oxygen atoms in total. The number of hydrogen-bond donors (Lipinski definition) is 1. The second-order valence-electron chi connectivity index (χ2n) is 6.23. The Hall–Kier alpha value is -2.53. The van der Waals surface area contributed by atoms with Crippen molar-refractivity contribution in [1.82, 2.24) is 4.90 Å². The molecule has 1 fully saturated rings. The number of likely N-dealkylation sites (tertiary alicyclic amines) is 1. The zero-order valence-electron chi connectivity index (χ0n) is 14.4. The summed E-state index contributed by atoms with van der Waals surface area (Å²) in [6.45, 7) is 1.89. The fraction of sp³-hybridized carbons (Fsp3) is 0.350. The molecule has 0 aliphatic carbocycles. The van der Waals surface area contributed by atoms with Crippen LogP contribution in [0.3, 0.4) is 0 Å². The van der Waals surface area contributed by atoms with Gasteiger partial charge in [0.15, 0.2) is 11.5 Å². The topological polar surface area (TPSA) is 59.0 Å². The molecule has 2 aromatic rings. The van der Waals surface area contributed by atoms with E-state index in [-0.39, 0.29) is 6.04 Å². The zero-order valence-corrected chi connectivity index (χ0v) is 14.4. The highest BCUT2D eigenvalue weighted by Crippen LogP contribution is 2.30. The van der Waals surface area contributed by atoms with E-state index < -0.39 is 5.97 Å². The number of benzene rings is 2. The summed E-state index contributed by atoms with van der Waals surface area (Å²) in [5.41, 5.74) is 2.12. The van der Waals surface area contributed by atoms with Crippen LogP contribution in [0.25, 0.3) is 0 Å². The van der Waals surface area contributed by atoms with Gasteiger partial charge in [-0.3, -0.25) is 9.69 Å². The van der Waals surface area contributed by atoms with E-state index in [2.05, 4.69) is 0 Å². The van der Waals surface area contributed by atoms with Gasteiger partial charge < -0.3 is 14.6 Å². The summed E-state index contributed by atoms with van der Waals surface area (Å²) in [6.07, 6.45) is 1.64. The molecule has 0 bridgehead atoms. The first-order chi connectivity index (χ1) is 12.2. The van der Waals surface area contributed by atoms with Crippen molar-refractivity contribution < 1.29 is 19.4 Å². The Bertz CT molecular complexity index is 717. The van der Waals surface area contributed by atoms with Crippen LogP contribution in [0, 0.1) is 0 Å². The van der Waals surface area contributed by atoms with Gasteiger partial charge in [0.25, 0.3) is 0 Å². The Labute approximate surface area is 147 Å². The summed E-state index contributed by atoms with van der Waals surface area (Å²) >= 11 is 0. The Morgan fingerprint density at radius 3 is 2.68 bits per heavy atom. The van der Waals surface area contributed by atoms with E-state index in [1.54, 1.807) is 7.11 Å². The molecule has 0 amide bonds. The Balaban J connectivity index is 1.68. The van der Waals surface area contributed by atoms with Crippen molar-refractivity contribution in [3.8, 4) is 11.5 Å². The van der Waals surface area contributed by atoms with Crippen LogP contribution in [0.1, 0.15) is 24.0 Å². The lowest BCUT2D eigenvalue weighted by Gasteiger charge is -2.21. The summed E-state index contributed by atoms with van der Waals surface area (Å²) in [5, 5.41) is 9.30. The average Bonchev–Trinajstić information content (AvgIpc) is 3.10. The minimum atomic E-state index is -0.743. The number of nitrogens with zero attached hydrogens (tertiary/aromatic N) is 1. The van der Waals surface area contributed by atoms with E-state index in [1.807, 2.05) is 53.4 Å². The Kier molecular flexibility index (Phi) is 5.56. The third kappa shape index (κ3) is 4.31. The van der Waals surface area contributed by atoms with Gasteiger partial charge in [0.1, 0.15) is 12.6 Å². The molecule has 1 heterocycles. The van der Waals surface area contributed by atoms with Crippen LogP contribution in [-0.2, 0) is 17.9 Å². The van der Waals surface area contributed by atoms with Crippen molar-refractivity contribution in [2.24, 2.45) is 0 Å². The van der Waals surface area contributed by atoms with Crippen LogP contribution in [0.5, 0.6) is 11.5 Å². The first-order valence-corrected chi connectivity index (χ1v) is 8.48. The number of aliphatic carboxylic acids is 1. The van der Waals surface area contributed by atoms with Crippen molar-refractivity contribution in [3.63, 3.8) is 0 Å². The van der Waals surface area contributed by atoms with Gasteiger partial charge in [0.2, 0.25) is 0 Å². The molecule has 1 saturated heterocycles. The molecule has 0 radical (unpaired) electrons. The van der Waals surface area contributed by atoms with Crippen LogP contribution in [0.4, 0.5) is 0 Å². The molecule has 1 atom stereocenters. The molecule has 25 heavy (non-hydrogen) atoms. The highest BCUT2D eigenvalue weighted by Gasteiger charge is 2.30. The predicted octanol–water partition coefficient (Wildman–Crippen LogP) is 3.32. The molecule has 1 unspecified atom stereocenters. The van der Waals surface area contributed by atoms with Crippen LogP contribution >= 0.6 is 0 Å². The van der Waals surface area contributed by atoms with Crippen molar-refractivity contribution >= 4 is 5.97 Å². The smallest absolute Gasteiger partial charge is 0.320 e. The fourth-order valence-electron chi connectivity index (χ4n) is 3.19. The van der Waals surface area contributed by atoms with E-state index in [0.29, 0.717) is 31.1 Å². The minimum absolute atomic E-state index is 0.389. The molecule has 1 aliphatic rings. The number of methoxy groups -OCH3 is 1. The van der Waals surface area contributed by atoms with E-state index in [0.717, 1.165) is 24.1 Å². The monoisotopic (exact) mass is 341 g/mol. The van der Waals surface area contributed by atoms with Crippen LogP contribution in [-0.4, -0.2) is 35.7 Å². The lowest BCUT2D eigenvalue weighted by atomic mass is 10.1. The van der Waals surface area contributed by atoms with Gasteiger partial charge in [-0.2, -0.15) is 0 Å². The van der Waals surface area contributed by atoms with Gasteiger partial charge in [-0.1, -0.05) is 36.4 Å². The van der Waals surface area contributed by atoms with Crippen LogP contribution in [0.15, 0.2) is 48.5 Å². The largest absolute Gasteiger partial charge is 0.493 e. The molecule has 0 aromatic heterocycles. The van der Waals surface area contributed by atoms with Crippen LogP contribution < -0.4 is 9.47 Å². The average molecular weight is 341 g/mol. The quantitative estimate of drug-likeness (QED) is 0.837. The second kappa shape index (κ2) is 8.03. The predicted molar refractivity (Wildman–Crippen MR) is 94.8 cm³/mol. The van der Waals surface area contributed by atoms with Gasteiger partial charge in [-0.15, -0.1) is 0 Å². The number of hydrogen-bond acceptors (Lipinski definition) is 4. The molecular weight excluding hydrogens is 318 g/mol. The zero-order chi connectivity index (χ0) is 17.6. The van der Waals surface area contributed by atoms with Gasteiger partial charge >= 0.3 is 5.97 Å². The summed E-state index contributed by atoms with van der Waals surface area (Å²) in [6, 6.07) is 15.4. The van der Waals surface area contributed by atoms with Crippen molar-refractivity contribution in [3.05, 3.63) is 59.7 Å². The van der Waals surface area contributed by atoms with E-state index >= 15 is 0 Å². The highest BCUT2D eigenvalue weighted by molar-refractivity contribution is 5.73. The molecule has 1 N–H and O–H groups in total. The lowest BCUT2D eigenvalue weighted by Crippen LogP contribution is -2.35. The van der Waals surface area contributed by atoms with E-state index in [9.17, 15) is 9.90 Å².